The van der Waals surface area contributed by atoms with Gasteiger partial charge in [0.2, 0.25) is 0 Å². The summed E-state index contributed by atoms with van der Waals surface area (Å²) in [4.78, 5) is 11.4. The molecule has 0 fully saturated rings. The van der Waals surface area contributed by atoms with Gasteiger partial charge in [-0.05, 0) is 44.4 Å². The smallest absolute Gasteiger partial charge is 0.258 e. The van der Waals surface area contributed by atoms with Crippen LogP contribution in [0.25, 0.3) is 0 Å². The second kappa shape index (κ2) is 7.75. The number of unbranched alkanes of at least 4 members (excludes halogenated alkanes) is 1. The molecule has 1 aromatic rings. The van der Waals surface area contributed by atoms with Gasteiger partial charge < -0.3 is 10.1 Å². The molecule has 3 nitrogen and oxygen atoms in total. The minimum atomic E-state index is -0.0797. The van der Waals surface area contributed by atoms with E-state index in [4.69, 9.17) is 4.74 Å². The van der Waals surface area contributed by atoms with Gasteiger partial charge in [-0.2, -0.15) is 0 Å². The van der Waals surface area contributed by atoms with Crippen molar-refractivity contribution in [3.05, 3.63) is 29.8 Å². The largest absolute Gasteiger partial charge is 0.484 e. The Labute approximate surface area is 110 Å². The van der Waals surface area contributed by atoms with Crippen LogP contribution in [-0.2, 0) is 11.2 Å². The van der Waals surface area contributed by atoms with Crippen LogP contribution in [0.1, 0.15) is 39.2 Å². The molecule has 1 rings (SSSR count). The summed E-state index contributed by atoms with van der Waals surface area (Å²) in [5, 5.41) is 2.80. The molecule has 0 bridgehead atoms. The summed E-state index contributed by atoms with van der Waals surface area (Å²) in [7, 11) is 0. The molecular formula is C15H23NO2. The third kappa shape index (κ3) is 5.71. The fourth-order valence-corrected chi connectivity index (χ4v) is 1.68. The highest BCUT2D eigenvalue weighted by Crippen LogP contribution is 2.15. The van der Waals surface area contributed by atoms with Crippen LogP contribution >= 0.6 is 0 Å². The van der Waals surface area contributed by atoms with Gasteiger partial charge in [0, 0.05) is 6.04 Å². The first-order valence-electron chi connectivity index (χ1n) is 6.63. The molecule has 0 radical (unpaired) electrons. The van der Waals surface area contributed by atoms with E-state index in [1.165, 1.54) is 18.4 Å². The number of nitrogens with one attached hydrogen (secondary N) is 1. The molecule has 1 N–H and O–H groups in total. The van der Waals surface area contributed by atoms with Crippen molar-refractivity contribution in [1.82, 2.24) is 5.32 Å². The third-order valence-electron chi connectivity index (χ3n) is 2.54. The average molecular weight is 249 g/mol. The highest BCUT2D eigenvalue weighted by molar-refractivity contribution is 5.77. The number of carbonyl (C=O) groups excluding carboxylic acids is 1. The van der Waals surface area contributed by atoms with Crippen LogP contribution < -0.4 is 10.1 Å². The van der Waals surface area contributed by atoms with Crippen molar-refractivity contribution in [2.75, 3.05) is 6.61 Å². The van der Waals surface area contributed by atoms with Crippen LogP contribution in [0.4, 0.5) is 0 Å². The first-order valence-corrected chi connectivity index (χ1v) is 6.63. The van der Waals surface area contributed by atoms with Crippen molar-refractivity contribution in [1.29, 1.82) is 0 Å². The molecule has 0 saturated heterocycles. The minimum Gasteiger partial charge on any atom is -0.484 e. The Kier molecular flexibility index (Phi) is 6.26. The summed E-state index contributed by atoms with van der Waals surface area (Å²) in [6.07, 6.45) is 3.42. The second-order valence-electron chi connectivity index (χ2n) is 4.76. The zero-order valence-electron chi connectivity index (χ0n) is 11.5. The van der Waals surface area contributed by atoms with Gasteiger partial charge >= 0.3 is 0 Å². The van der Waals surface area contributed by atoms with Gasteiger partial charge in [-0.3, -0.25) is 4.79 Å². The number of amides is 1. The molecule has 0 saturated carbocycles. The van der Waals surface area contributed by atoms with E-state index in [9.17, 15) is 4.79 Å². The van der Waals surface area contributed by atoms with E-state index in [1.54, 1.807) is 0 Å². The summed E-state index contributed by atoms with van der Waals surface area (Å²) >= 11 is 0. The lowest BCUT2D eigenvalue weighted by Gasteiger charge is -2.10. The van der Waals surface area contributed by atoms with Gasteiger partial charge in [0.25, 0.3) is 5.91 Å². The molecule has 0 aliphatic rings. The molecule has 3 heteroatoms. The molecule has 0 heterocycles. The van der Waals surface area contributed by atoms with Gasteiger partial charge in [-0.1, -0.05) is 25.5 Å². The maximum atomic E-state index is 11.4. The van der Waals surface area contributed by atoms with E-state index >= 15 is 0 Å². The quantitative estimate of drug-likeness (QED) is 0.807. The maximum absolute atomic E-state index is 11.4. The zero-order valence-corrected chi connectivity index (χ0v) is 11.5. The van der Waals surface area contributed by atoms with Crippen molar-refractivity contribution >= 4 is 5.91 Å². The summed E-state index contributed by atoms with van der Waals surface area (Å²) in [5.41, 5.74) is 1.26. The number of rotatable bonds is 7. The zero-order chi connectivity index (χ0) is 13.4. The normalized spacial score (nSPS) is 10.4. The monoisotopic (exact) mass is 249 g/mol. The summed E-state index contributed by atoms with van der Waals surface area (Å²) in [6, 6.07) is 8.12. The van der Waals surface area contributed by atoms with Gasteiger partial charge in [0.1, 0.15) is 5.75 Å². The molecule has 0 aliphatic heterocycles. The summed E-state index contributed by atoms with van der Waals surface area (Å²) in [6.45, 7) is 6.12. The molecule has 18 heavy (non-hydrogen) atoms. The first kappa shape index (κ1) is 14.6. The Balaban J connectivity index is 2.44. The van der Waals surface area contributed by atoms with Crippen LogP contribution in [0.2, 0.25) is 0 Å². The standard InChI is InChI=1S/C15H23NO2/c1-4-5-7-13-8-6-9-14(10-13)18-11-15(17)16-12(2)3/h6,8-10,12H,4-5,7,11H2,1-3H3,(H,16,17). The summed E-state index contributed by atoms with van der Waals surface area (Å²) in [5.74, 6) is 0.687. The Morgan fingerprint density at radius 1 is 1.39 bits per heavy atom. The third-order valence-corrected chi connectivity index (χ3v) is 2.54. The number of hydrogen-bond acceptors (Lipinski definition) is 2. The van der Waals surface area contributed by atoms with Crippen LogP contribution in [0.3, 0.4) is 0 Å². The topological polar surface area (TPSA) is 38.3 Å². The van der Waals surface area contributed by atoms with E-state index < -0.39 is 0 Å². The minimum absolute atomic E-state index is 0.0788. The van der Waals surface area contributed by atoms with Crippen molar-refractivity contribution in [2.45, 2.75) is 46.1 Å². The van der Waals surface area contributed by atoms with E-state index in [-0.39, 0.29) is 18.6 Å². The van der Waals surface area contributed by atoms with Crippen molar-refractivity contribution in [3.63, 3.8) is 0 Å². The van der Waals surface area contributed by atoms with Gasteiger partial charge in [-0.15, -0.1) is 0 Å². The predicted octanol–water partition coefficient (Wildman–Crippen LogP) is 2.93. The Morgan fingerprint density at radius 3 is 2.83 bits per heavy atom. The maximum Gasteiger partial charge on any atom is 0.258 e. The Bertz CT molecular complexity index is 375. The lowest BCUT2D eigenvalue weighted by molar-refractivity contribution is -0.123. The van der Waals surface area contributed by atoms with E-state index in [0.717, 1.165) is 12.2 Å². The lowest BCUT2D eigenvalue weighted by atomic mass is 10.1. The van der Waals surface area contributed by atoms with E-state index in [2.05, 4.69) is 18.3 Å². The lowest BCUT2D eigenvalue weighted by Crippen LogP contribution is -2.34. The second-order valence-corrected chi connectivity index (χ2v) is 4.76. The molecule has 0 aliphatic carbocycles. The molecule has 1 amide bonds. The number of aryl methyl sites for hydroxylation is 1. The van der Waals surface area contributed by atoms with Crippen LogP contribution in [0, 0.1) is 0 Å². The fraction of sp³-hybridized carbons (Fsp3) is 0.533. The van der Waals surface area contributed by atoms with Gasteiger partial charge in [0.15, 0.2) is 6.61 Å². The number of benzene rings is 1. The van der Waals surface area contributed by atoms with Crippen molar-refractivity contribution < 1.29 is 9.53 Å². The predicted molar refractivity (Wildman–Crippen MR) is 73.8 cm³/mol. The number of hydrogen-bond donors (Lipinski definition) is 1. The molecule has 1 aromatic carbocycles. The van der Waals surface area contributed by atoms with Crippen molar-refractivity contribution in [2.24, 2.45) is 0 Å². The molecule has 0 unspecified atom stereocenters. The van der Waals surface area contributed by atoms with Crippen molar-refractivity contribution in [3.8, 4) is 5.75 Å². The van der Waals surface area contributed by atoms with Gasteiger partial charge in [0.05, 0.1) is 0 Å². The molecule has 0 atom stereocenters. The Morgan fingerprint density at radius 2 is 2.17 bits per heavy atom. The molecular weight excluding hydrogens is 226 g/mol. The highest BCUT2D eigenvalue weighted by Gasteiger charge is 2.04. The van der Waals surface area contributed by atoms with Crippen LogP contribution in [-0.4, -0.2) is 18.6 Å². The number of ether oxygens (including phenoxy) is 1. The number of carbonyl (C=O) groups is 1. The van der Waals surface area contributed by atoms with E-state index in [1.807, 2.05) is 32.0 Å². The van der Waals surface area contributed by atoms with Crippen LogP contribution in [0.15, 0.2) is 24.3 Å². The average Bonchev–Trinajstić information content (AvgIpc) is 2.33. The Hall–Kier alpha value is -1.51. The fourth-order valence-electron chi connectivity index (χ4n) is 1.68. The highest BCUT2D eigenvalue weighted by atomic mass is 16.5. The molecule has 0 spiro atoms. The summed E-state index contributed by atoms with van der Waals surface area (Å²) < 4.78 is 5.48. The molecule has 0 aromatic heterocycles. The van der Waals surface area contributed by atoms with Gasteiger partial charge in [-0.25, -0.2) is 0 Å². The first-order chi connectivity index (χ1) is 8.61. The van der Waals surface area contributed by atoms with Crippen LogP contribution in [0.5, 0.6) is 5.75 Å². The molecule has 100 valence electrons. The van der Waals surface area contributed by atoms with E-state index in [0.29, 0.717) is 0 Å². The SMILES string of the molecule is CCCCc1cccc(OCC(=O)NC(C)C)c1.